The SMILES string of the molecule is COc1ccc(-c2ccc(/C=C3\SC(=O)N(C)C3=O)o2)cc1. The molecule has 1 fully saturated rings. The molecule has 0 radical (unpaired) electrons. The minimum absolute atomic E-state index is 0.279. The van der Waals surface area contributed by atoms with Gasteiger partial charge in [0.25, 0.3) is 11.1 Å². The molecular formula is C16H13NO4S. The summed E-state index contributed by atoms with van der Waals surface area (Å²) in [6.07, 6.45) is 1.58. The van der Waals surface area contributed by atoms with Crippen molar-refractivity contribution in [3.63, 3.8) is 0 Å². The summed E-state index contributed by atoms with van der Waals surface area (Å²) in [5, 5.41) is -0.279. The predicted molar refractivity (Wildman–Crippen MR) is 84.4 cm³/mol. The van der Waals surface area contributed by atoms with E-state index < -0.39 is 0 Å². The van der Waals surface area contributed by atoms with Gasteiger partial charge in [0, 0.05) is 18.7 Å². The van der Waals surface area contributed by atoms with Crippen LogP contribution in [0.4, 0.5) is 4.79 Å². The number of methoxy groups -OCH3 is 1. The summed E-state index contributed by atoms with van der Waals surface area (Å²) in [7, 11) is 3.07. The summed E-state index contributed by atoms with van der Waals surface area (Å²) in [5.74, 6) is 1.68. The van der Waals surface area contributed by atoms with Gasteiger partial charge >= 0.3 is 0 Å². The fourth-order valence-corrected chi connectivity index (χ4v) is 2.82. The molecule has 2 aromatic rings. The van der Waals surface area contributed by atoms with Gasteiger partial charge in [0.1, 0.15) is 17.3 Å². The summed E-state index contributed by atoms with van der Waals surface area (Å²) < 4.78 is 10.8. The molecule has 0 bridgehead atoms. The molecule has 6 heteroatoms. The third-order valence-corrected chi connectivity index (χ3v) is 4.22. The van der Waals surface area contributed by atoms with Gasteiger partial charge < -0.3 is 9.15 Å². The number of thioether (sulfide) groups is 1. The van der Waals surface area contributed by atoms with Crippen LogP contribution in [0.25, 0.3) is 17.4 Å². The second kappa shape index (κ2) is 5.73. The van der Waals surface area contributed by atoms with Crippen molar-refractivity contribution in [3.05, 3.63) is 47.1 Å². The molecule has 2 amide bonds. The highest BCUT2D eigenvalue weighted by Gasteiger charge is 2.32. The van der Waals surface area contributed by atoms with E-state index in [0.717, 1.165) is 28.0 Å². The summed E-state index contributed by atoms with van der Waals surface area (Å²) in [5.41, 5.74) is 0.907. The zero-order valence-electron chi connectivity index (χ0n) is 12.0. The van der Waals surface area contributed by atoms with Crippen molar-refractivity contribution in [1.29, 1.82) is 0 Å². The molecule has 0 N–H and O–H groups in total. The Bertz CT molecular complexity index is 761. The smallest absolute Gasteiger partial charge is 0.293 e. The van der Waals surface area contributed by atoms with Gasteiger partial charge in [-0.15, -0.1) is 0 Å². The number of carbonyl (C=O) groups excluding carboxylic acids is 2. The van der Waals surface area contributed by atoms with Crippen LogP contribution in [-0.4, -0.2) is 30.2 Å². The Balaban J connectivity index is 1.85. The van der Waals surface area contributed by atoms with Gasteiger partial charge in [-0.2, -0.15) is 0 Å². The molecule has 1 aliphatic heterocycles. The fraction of sp³-hybridized carbons (Fsp3) is 0.125. The third-order valence-electron chi connectivity index (χ3n) is 3.26. The van der Waals surface area contributed by atoms with Gasteiger partial charge in [-0.3, -0.25) is 14.5 Å². The standard InChI is InChI=1S/C16H13NO4S/c1-17-15(18)14(22-16(17)19)9-12-7-8-13(21-12)10-3-5-11(20-2)6-4-10/h3-9H,1-2H3/b14-9-. The zero-order chi connectivity index (χ0) is 15.7. The fourth-order valence-electron chi connectivity index (χ4n) is 2.02. The summed E-state index contributed by atoms with van der Waals surface area (Å²) in [6, 6.07) is 11.1. The first-order valence-corrected chi connectivity index (χ1v) is 7.36. The quantitative estimate of drug-likeness (QED) is 0.810. The number of imide groups is 1. The highest BCUT2D eigenvalue weighted by molar-refractivity contribution is 8.18. The van der Waals surface area contributed by atoms with E-state index in [1.807, 2.05) is 30.3 Å². The Morgan fingerprint density at radius 2 is 1.86 bits per heavy atom. The van der Waals surface area contributed by atoms with Gasteiger partial charge in [-0.05, 0) is 48.2 Å². The van der Waals surface area contributed by atoms with E-state index in [9.17, 15) is 9.59 Å². The Morgan fingerprint density at radius 1 is 1.14 bits per heavy atom. The van der Waals surface area contributed by atoms with Crippen molar-refractivity contribution in [1.82, 2.24) is 4.90 Å². The van der Waals surface area contributed by atoms with Gasteiger partial charge in [0.05, 0.1) is 12.0 Å². The second-order valence-electron chi connectivity index (χ2n) is 4.67. The van der Waals surface area contributed by atoms with Gasteiger partial charge in [0.15, 0.2) is 0 Å². The van der Waals surface area contributed by atoms with Crippen LogP contribution in [0.1, 0.15) is 5.76 Å². The van der Waals surface area contributed by atoms with E-state index in [-0.39, 0.29) is 11.1 Å². The highest BCUT2D eigenvalue weighted by Crippen LogP contribution is 2.32. The molecule has 1 saturated heterocycles. The molecule has 112 valence electrons. The Kier molecular flexibility index (Phi) is 3.77. The summed E-state index contributed by atoms with van der Waals surface area (Å²) in [6.45, 7) is 0. The molecule has 1 aliphatic rings. The van der Waals surface area contributed by atoms with Crippen LogP contribution >= 0.6 is 11.8 Å². The highest BCUT2D eigenvalue weighted by atomic mass is 32.2. The maximum Gasteiger partial charge on any atom is 0.293 e. The average Bonchev–Trinajstić information content (AvgIpc) is 3.09. The molecule has 2 heterocycles. The van der Waals surface area contributed by atoms with Crippen LogP contribution in [0.15, 0.2) is 45.7 Å². The van der Waals surface area contributed by atoms with E-state index in [1.165, 1.54) is 7.05 Å². The minimum atomic E-state index is -0.308. The van der Waals surface area contributed by atoms with E-state index in [1.54, 1.807) is 19.3 Å². The topological polar surface area (TPSA) is 59.8 Å². The van der Waals surface area contributed by atoms with Crippen LogP contribution in [-0.2, 0) is 4.79 Å². The number of nitrogens with zero attached hydrogens (tertiary/aromatic N) is 1. The van der Waals surface area contributed by atoms with Crippen molar-refractivity contribution >= 4 is 29.0 Å². The number of rotatable bonds is 3. The molecule has 0 aliphatic carbocycles. The van der Waals surface area contributed by atoms with Crippen molar-refractivity contribution in [2.24, 2.45) is 0 Å². The van der Waals surface area contributed by atoms with Crippen LogP contribution < -0.4 is 4.74 Å². The minimum Gasteiger partial charge on any atom is -0.497 e. The normalized spacial score (nSPS) is 16.6. The first-order valence-electron chi connectivity index (χ1n) is 6.54. The number of carbonyl (C=O) groups is 2. The molecular weight excluding hydrogens is 302 g/mol. The maximum absolute atomic E-state index is 11.8. The number of likely N-dealkylation sites (N-methyl/N-ethyl adjacent to an activating group) is 1. The lowest BCUT2D eigenvalue weighted by atomic mass is 10.2. The summed E-state index contributed by atoms with van der Waals surface area (Å²) >= 11 is 0.909. The number of furan rings is 1. The molecule has 0 spiro atoms. The Morgan fingerprint density at radius 3 is 2.45 bits per heavy atom. The van der Waals surface area contributed by atoms with Crippen LogP contribution in [0.3, 0.4) is 0 Å². The molecule has 5 nitrogen and oxygen atoms in total. The van der Waals surface area contributed by atoms with Gasteiger partial charge in [-0.25, -0.2) is 0 Å². The molecule has 0 unspecified atom stereocenters. The number of amides is 2. The molecule has 1 aromatic heterocycles. The number of hydrogen-bond acceptors (Lipinski definition) is 5. The van der Waals surface area contributed by atoms with Crippen molar-refractivity contribution in [2.45, 2.75) is 0 Å². The van der Waals surface area contributed by atoms with Gasteiger partial charge in [0.2, 0.25) is 0 Å². The zero-order valence-corrected chi connectivity index (χ0v) is 12.8. The van der Waals surface area contributed by atoms with Gasteiger partial charge in [-0.1, -0.05) is 0 Å². The largest absolute Gasteiger partial charge is 0.497 e. The molecule has 22 heavy (non-hydrogen) atoms. The van der Waals surface area contributed by atoms with E-state index >= 15 is 0 Å². The van der Waals surface area contributed by atoms with E-state index in [2.05, 4.69) is 0 Å². The van der Waals surface area contributed by atoms with Crippen molar-refractivity contribution in [3.8, 4) is 17.1 Å². The number of hydrogen-bond donors (Lipinski definition) is 0. The predicted octanol–water partition coefficient (Wildman–Crippen LogP) is 3.62. The lowest BCUT2D eigenvalue weighted by molar-refractivity contribution is -0.121. The lowest BCUT2D eigenvalue weighted by Gasteiger charge is -2.01. The van der Waals surface area contributed by atoms with Crippen LogP contribution in [0.2, 0.25) is 0 Å². The maximum atomic E-state index is 11.8. The molecule has 1 aromatic carbocycles. The Hall–Kier alpha value is -2.47. The second-order valence-corrected chi connectivity index (χ2v) is 5.66. The van der Waals surface area contributed by atoms with Crippen molar-refractivity contribution < 1.29 is 18.7 Å². The first kappa shape index (κ1) is 14.5. The lowest BCUT2D eigenvalue weighted by Crippen LogP contribution is -2.22. The first-order chi connectivity index (χ1) is 10.6. The number of ether oxygens (including phenoxy) is 1. The average molecular weight is 315 g/mol. The molecule has 3 rings (SSSR count). The monoisotopic (exact) mass is 315 g/mol. The van der Waals surface area contributed by atoms with E-state index in [4.69, 9.17) is 9.15 Å². The number of benzene rings is 1. The molecule has 0 atom stereocenters. The Labute approximate surface area is 131 Å². The van der Waals surface area contributed by atoms with E-state index in [0.29, 0.717) is 16.4 Å². The third kappa shape index (κ3) is 2.65. The molecule has 0 saturated carbocycles. The van der Waals surface area contributed by atoms with Crippen LogP contribution in [0.5, 0.6) is 5.75 Å². The summed E-state index contributed by atoms with van der Waals surface area (Å²) in [4.78, 5) is 24.7. The van der Waals surface area contributed by atoms with Crippen molar-refractivity contribution in [2.75, 3.05) is 14.2 Å². The van der Waals surface area contributed by atoms with Crippen LogP contribution in [0, 0.1) is 0 Å².